The van der Waals surface area contributed by atoms with Crippen molar-refractivity contribution in [3.05, 3.63) is 65.4 Å². The first kappa shape index (κ1) is 16.4. The molecule has 0 spiro atoms. The minimum atomic E-state index is -0.247. The van der Waals surface area contributed by atoms with E-state index in [2.05, 4.69) is 10.3 Å². The lowest BCUT2D eigenvalue weighted by Crippen LogP contribution is -2.02. The molecule has 0 atom stereocenters. The molecule has 0 saturated heterocycles. The Hall–Kier alpha value is -2.44. The van der Waals surface area contributed by atoms with Gasteiger partial charge in [0, 0.05) is 16.6 Å². The monoisotopic (exact) mass is 344 g/mol. The molecule has 1 aromatic heterocycles. The normalized spacial score (nSPS) is 10.6. The van der Waals surface area contributed by atoms with Crippen LogP contribution in [-0.4, -0.2) is 23.3 Å². The molecule has 0 radical (unpaired) electrons. The van der Waals surface area contributed by atoms with E-state index in [4.69, 9.17) is 9.84 Å². The van der Waals surface area contributed by atoms with Gasteiger partial charge in [-0.1, -0.05) is 0 Å². The smallest absolute Gasteiger partial charge is 0.123 e. The minimum Gasteiger partial charge on any atom is -0.491 e. The Morgan fingerprint density at radius 1 is 1.08 bits per heavy atom. The van der Waals surface area contributed by atoms with E-state index in [1.54, 1.807) is 12.1 Å². The maximum atomic E-state index is 13.0. The van der Waals surface area contributed by atoms with Gasteiger partial charge in [-0.3, -0.25) is 0 Å². The molecule has 24 heavy (non-hydrogen) atoms. The maximum absolute atomic E-state index is 13.0. The highest BCUT2D eigenvalue weighted by Gasteiger charge is 2.05. The van der Waals surface area contributed by atoms with Crippen LogP contribution in [0.1, 0.15) is 5.69 Å². The lowest BCUT2D eigenvalue weighted by Gasteiger charge is -2.07. The number of aliphatic hydroxyl groups excluding tert-OH is 1. The summed E-state index contributed by atoms with van der Waals surface area (Å²) in [6.45, 7) is 0.895. The molecular formula is C18H17FN2O2S. The number of hydrogen-bond acceptors (Lipinski definition) is 5. The fourth-order valence-electron chi connectivity index (χ4n) is 2.14. The van der Waals surface area contributed by atoms with Crippen LogP contribution in [0.2, 0.25) is 0 Å². The van der Waals surface area contributed by atoms with Crippen LogP contribution in [-0.2, 0) is 6.54 Å². The van der Waals surface area contributed by atoms with E-state index >= 15 is 0 Å². The molecule has 2 aromatic carbocycles. The minimum absolute atomic E-state index is 0.000214. The second-order valence-electron chi connectivity index (χ2n) is 5.10. The molecule has 3 aromatic rings. The number of aromatic nitrogens is 1. The van der Waals surface area contributed by atoms with Crippen molar-refractivity contribution in [1.29, 1.82) is 0 Å². The first-order chi connectivity index (χ1) is 11.7. The van der Waals surface area contributed by atoms with Crippen molar-refractivity contribution in [2.75, 3.05) is 18.5 Å². The third-order valence-electron chi connectivity index (χ3n) is 3.33. The Labute approximate surface area is 143 Å². The van der Waals surface area contributed by atoms with Gasteiger partial charge in [0.2, 0.25) is 0 Å². The summed E-state index contributed by atoms with van der Waals surface area (Å²) in [7, 11) is 0. The van der Waals surface area contributed by atoms with Crippen LogP contribution >= 0.6 is 11.3 Å². The van der Waals surface area contributed by atoms with Crippen LogP contribution in [0.3, 0.4) is 0 Å². The number of benzene rings is 2. The number of aliphatic hydroxyl groups is 1. The summed E-state index contributed by atoms with van der Waals surface area (Å²) in [6, 6.07) is 13.9. The number of anilines is 1. The number of halogens is 1. The third-order valence-corrected chi connectivity index (χ3v) is 4.27. The zero-order chi connectivity index (χ0) is 16.8. The van der Waals surface area contributed by atoms with Crippen molar-refractivity contribution in [3.63, 3.8) is 0 Å². The van der Waals surface area contributed by atoms with Gasteiger partial charge >= 0.3 is 0 Å². The van der Waals surface area contributed by atoms with Crippen LogP contribution in [0.5, 0.6) is 5.75 Å². The number of hydrogen-bond donors (Lipinski definition) is 2. The molecular weight excluding hydrogens is 327 g/mol. The van der Waals surface area contributed by atoms with Gasteiger partial charge in [-0.15, -0.1) is 11.3 Å². The highest BCUT2D eigenvalue weighted by molar-refractivity contribution is 7.13. The number of nitrogens with zero attached hydrogens (tertiary/aromatic N) is 1. The summed E-state index contributed by atoms with van der Waals surface area (Å²) in [5.74, 6) is 0.477. The van der Waals surface area contributed by atoms with Gasteiger partial charge < -0.3 is 15.2 Å². The summed E-state index contributed by atoms with van der Waals surface area (Å²) >= 11 is 1.54. The lowest BCUT2D eigenvalue weighted by molar-refractivity contribution is 0.201. The molecule has 124 valence electrons. The third kappa shape index (κ3) is 4.31. The Bertz CT molecular complexity index is 772. The topological polar surface area (TPSA) is 54.4 Å². The van der Waals surface area contributed by atoms with Gasteiger partial charge in [0.05, 0.1) is 18.8 Å². The zero-order valence-electron chi connectivity index (χ0n) is 12.9. The fraction of sp³-hybridized carbons (Fsp3) is 0.167. The zero-order valence-corrected chi connectivity index (χ0v) is 13.7. The van der Waals surface area contributed by atoms with Crippen molar-refractivity contribution >= 4 is 17.0 Å². The number of nitrogens with one attached hydrogen (secondary N) is 1. The molecule has 0 bridgehead atoms. The molecule has 3 rings (SSSR count). The van der Waals surface area contributed by atoms with Gasteiger partial charge in [0.15, 0.2) is 0 Å². The van der Waals surface area contributed by atoms with Crippen molar-refractivity contribution in [2.24, 2.45) is 0 Å². The Morgan fingerprint density at radius 2 is 1.83 bits per heavy atom. The van der Waals surface area contributed by atoms with E-state index in [0.717, 1.165) is 27.7 Å². The predicted molar refractivity (Wildman–Crippen MR) is 93.9 cm³/mol. The van der Waals surface area contributed by atoms with E-state index < -0.39 is 0 Å². The molecule has 0 aliphatic rings. The first-order valence-electron chi connectivity index (χ1n) is 7.52. The van der Waals surface area contributed by atoms with E-state index in [1.807, 2.05) is 29.6 Å². The van der Waals surface area contributed by atoms with E-state index in [-0.39, 0.29) is 19.0 Å². The average molecular weight is 344 g/mol. The Balaban J connectivity index is 1.58. The van der Waals surface area contributed by atoms with Gasteiger partial charge in [-0.05, 0) is 48.5 Å². The van der Waals surface area contributed by atoms with Gasteiger partial charge in [-0.25, -0.2) is 9.37 Å². The van der Waals surface area contributed by atoms with Gasteiger partial charge in [-0.2, -0.15) is 0 Å². The Kier molecular flexibility index (Phi) is 5.40. The highest BCUT2D eigenvalue weighted by Crippen LogP contribution is 2.24. The molecule has 6 heteroatoms. The second-order valence-corrected chi connectivity index (χ2v) is 5.96. The van der Waals surface area contributed by atoms with E-state index in [9.17, 15) is 4.39 Å². The summed E-state index contributed by atoms with van der Waals surface area (Å²) < 4.78 is 18.3. The molecule has 0 amide bonds. The first-order valence-corrected chi connectivity index (χ1v) is 8.40. The number of ether oxygens (including phenoxy) is 1. The summed E-state index contributed by atoms with van der Waals surface area (Å²) in [4.78, 5) is 4.56. The standard InChI is InChI=1S/C18H17FN2O2S/c19-14-3-1-13(2-4-14)18-21-16(12-24-18)11-20-15-5-7-17(8-6-15)23-10-9-22/h1-8,12,20,22H,9-11H2. The Morgan fingerprint density at radius 3 is 2.54 bits per heavy atom. The summed E-state index contributed by atoms with van der Waals surface area (Å²) in [5.41, 5.74) is 2.81. The lowest BCUT2D eigenvalue weighted by atomic mass is 10.2. The number of thiazole rings is 1. The molecule has 2 N–H and O–H groups in total. The molecule has 1 heterocycles. The SMILES string of the molecule is OCCOc1ccc(NCc2csc(-c3ccc(F)cc3)n2)cc1. The molecule has 0 aliphatic carbocycles. The molecule has 0 fully saturated rings. The molecule has 4 nitrogen and oxygen atoms in total. The van der Waals surface area contributed by atoms with Crippen molar-refractivity contribution in [1.82, 2.24) is 4.98 Å². The quantitative estimate of drug-likeness (QED) is 0.682. The van der Waals surface area contributed by atoms with Crippen molar-refractivity contribution < 1.29 is 14.2 Å². The van der Waals surface area contributed by atoms with Gasteiger partial charge in [0.1, 0.15) is 23.2 Å². The highest BCUT2D eigenvalue weighted by atomic mass is 32.1. The molecule has 0 unspecified atom stereocenters. The van der Waals surface area contributed by atoms with Crippen molar-refractivity contribution in [3.8, 4) is 16.3 Å². The van der Waals surface area contributed by atoms with Crippen LogP contribution < -0.4 is 10.1 Å². The summed E-state index contributed by atoms with van der Waals surface area (Å²) in [5, 5.41) is 14.9. The average Bonchev–Trinajstić information content (AvgIpc) is 3.09. The number of rotatable bonds is 7. The molecule has 0 aliphatic heterocycles. The van der Waals surface area contributed by atoms with Crippen LogP contribution in [0.25, 0.3) is 10.6 Å². The van der Waals surface area contributed by atoms with E-state index in [1.165, 1.54) is 23.5 Å². The van der Waals surface area contributed by atoms with Crippen LogP contribution in [0, 0.1) is 5.82 Å². The molecule has 0 saturated carbocycles. The van der Waals surface area contributed by atoms with Crippen LogP contribution in [0.4, 0.5) is 10.1 Å². The van der Waals surface area contributed by atoms with Crippen molar-refractivity contribution in [2.45, 2.75) is 6.54 Å². The summed E-state index contributed by atoms with van der Waals surface area (Å²) in [6.07, 6.45) is 0. The van der Waals surface area contributed by atoms with Crippen LogP contribution in [0.15, 0.2) is 53.9 Å². The predicted octanol–water partition coefficient (Wildman–Crippen LogP) is 3.93. The largest absolute Gasteiger partial charge is 0.491 e. The van der Waals surface area contributed by atoms with E-state index in [0.29, 0.717) is 6.54 Å². The second kappa shape index (κ2) is 7.90. The fourth-order valence-corrected chi connectivity index (χ4v) is 2.96. The maximum Gasteiger partial charge on any atom is 0.123 e. The van der Waals surface area contributed by atoms with Gasteiger partial charge in [0.25, 0.3) is 0 Å².